The molecule has 0 radical (unpaired) electrons. The standard InChI is InChI=1S/C27H29ClN2O4.ClH.H2O/c1-29-15-16-30(2)27(33)34-26-23(24(31)21-5-3-4-6-22(21)25(26)32)19-9-7-17(8-10-19)18-11-13-20(28)14-12-18;;/h3-6,11-14,17,19,29H,7-10,15-16H2,1-2H3;1H;1H2/t17-,19-;;. The number of benzene rings is 2. The van der Waals surface area contributed by atoms with Crippen molar-refractivity contribution in [2.75, 3.05) is 27.2 Å². The number of nitrogens with zero attached hydrogens (tertiary/aromatic N) is 1. The Kier molecular flexibility index (Phi) is 10.7. The first-order chi connectivity index (χ1) is 16.4. The molecule has 0 atom stereocenters. The van der Waals surface area contributed by atoms with Gasteiger partial charge in [0.2, 0.25) is 5.78 Å². The number of ketones is 2. The number of likely N-dealkylation sites (N-methyl/N-ethyl adjacent to an activating group) is 2. The molecule has 2 aromatic carbocycles. The molecule has 2 aliphatic rings. The molecule has 9 heteroatoms. The van der Waals surface area contributed by atoms with Gasteiger partial charge in [-0.3, -0.25) is 9.59 Å². The maximum atomic E-state index is 13.5. The summed E-state index contributed by atoms with van der Waals surface area (Å²) in [5.74, 6) is -0.501. The summed E-state index contributed by atoms with van der Waals surface area (Å²) in [5.41, 5.74) is 2.23. The van der Waals surface area contributed by atoms with Gasteiger partial charge >= 0.3 is 6.09 Å². The number of carbonyl (C=O) groups excluding carboxylic acids is 3. The molecule has 0 bridgehead atoms. The number of fused-ring (bicyclic) bond motifs is 1. The molecule has 1 saturated carbocycles. The molecule has 0 unspecified atom stereocenters. The highest BCUT2D eigenvalue weighted by molar-refractivity contribution is 6.30. The molecule has 3 N–H and O–H groups in total. The van der Waals surface area contributed by atoms with Crippen molar-refractivity contribution < 1.29 is 24.6 Å². The maximum absolute atomic E-state index is 13.5. The van der Waals surface area contributed by atoms with Crippen molar-refractivity contribution >= 4 is 41.7 Å². The summed E-state index contributed by atoms with van der Waals surface area (Å²) in [5, 5.41) is 3.68. The summed E-state index contributed by atoms with van der Waals surface area (Å²) >= 11 is 6.03. The van der Waals surface area contributed by atoms with Crippen LogP contribution in [-0.2, 0) is 4.74 Å². The fraction of sp³-hybridized carbons (Fsp3) is 0.370. The third-order valence-electron chi connectivity index (χ3n) is 6.79. The number of carbonyl (C=O) groups is 3. The molecular weight excluding hydrogens is 503 g/mol. The lowest BCUT2D eigenvalue weighted by molar-refractivity contribution is 0.0857. The minimum atomic E-state index is -0.641. The third kappa shape index (κ3) is 6.16. The lowest BCUT2D eigenvalue weighted by atomic mass is 9.72. The zero-order valence-electron chi connectivity index (χ0n) is 20.4. The van der Waals surface area contributed by atoms with Crippen molar-refractivity contribution in [3.05, 3.63) is 81.6 Å². The van der Waals surface area contributed by atoms with E-state index in [2.05, 4.69) is 5.32 Å². The van der Waals surface area contributed by atoms with E-state index in [4.69, 9.17) is 16.3 Å². The van der Waals surface area contributed by atoms with E-state index in [0.29, 0.717) is 35.2 Å². The Bertz CT molecular complexity index is 1130. The number of halogens is 2. The highest BCUT2D eigenvalue weighted by Gasteiger charge is 2.40. The lowest BCUT2D eigenvalue weighted by Gasteiger charge is -2.32. The van der Waals surface area contributed by atoms with Crippen molar-refractivity contribution in [2.45, 2.75) is 31.6 Å². The molecule has 0 aromatic heterocycles. The fourth-order valence-corrected chi connectivity index (χ4v) is 4.96. The Morgan fingerprint density at radius 2 is 1.53 bits per heavy atom. The molecule has 36 heavy (non-hydrogen) atoms. The van der Waals surface area contributed by atoms with E-state index in [-0.39, 0.29) is 40.9 Å². The van der Waals surface area contributed by atoms with E-state index in [1.807, 2.05) is 24.3 Å². The molecule has 0 heterocycles. The predicted molar refractivity (Wildman–Crippen MR) is 142 cm³/mol. The highest BCUT2D eigenvalue weighted by Crippen LogP contribution is 2.42. The number of nitrogens with one attached hydrogen (secondary N) is 1. The van der Waals surface area contributed by atoms with Crippen LogP contribution in [0.3, 0.4) is 0 Å². The number of Topliss-reactive ketones (excluding diaryl/α,β-unsaturated/α-hetero) is 2. The summed E-state index contributed by atoms with van der Waals surface area (Å²) in [6.45, 7) is 1.00. The summed E-state index contributed by atoms with van der Waals surface area (Å²) in [6, 6.07) is 14.6. The summed E-state index contributed by atoms with van der Waals surface area (Å²) in [7, 11) is 3.40. The molecule has 7 nitrogen and oxygen atoms in total. The Labute approximate surface area is 222 Å². The number of amides is 1. The van der Waals surface area contributed by atoms with Crippen molar-refractivity contribution in [1.82, 2.24) is 10.2 Å². The minimum absolute atomic E-state index is 0. The normalized spacial score (nSPS) is 19.1. The SMILES string of the molecule is CNCCN(C)C(=O)OC1=C([C@H]2CC[C@H](c3ccc(Cl)cc3)CC2)C(=O)c2ccccc2C1=O.Cl.O. The lowest BCUT2D eigenvalue weighted by Crippen LogP contribution is -2.36. The van der Waals surface area contributed by atoms with Crippen LogP contribution >= 0.6 is 24.0 Å². The summed E-state index contributed by atoms with van der Waals surface area (Å²) in [4.78, 5) is 41.1. The van der Waals surface area contributed by atoms with Crippen LogP contribution in [0.5, 0.6) is 0 Å². The molecule has 2 aromatic rings. The van der Waals surface area contributed by atoms with Crippen molar-refractivity contribution in [2.24, 2.45) is 5.92 Å². The van der Waals surface area contributed by atoms with Crippen LogP contribution in [0.4, 0.5) is 4.79 Å². The Balaban J connectivity index is 0.00000228. The van der Waals surface area contributed by atoms with Gasteiger partial charge in [0.25, 0.3) is 0 Å². The van der Waals surface area contributed by atoms with E-state index < -0.39 is 11.9 Å². The van der Waals surface area contributed by atoms with E-state index in [0.717, 1.165) is 25.7 Å². The monoisotopic (exact) mass is 534 g/mol. The Morgan fingerprint density at radius 3 is 2.11 bits per heavy atom. The number of ether oxygens (including phenoxy) is 1. The smallest absolute Gasteiger partial charge is 0.412 e. The first-order valence-electron chi connectivity index (χ1n) is 11.7. The van der Waals surface area contributed by atoms with Crippen LogP contribution in [0.2, 0.25) is 5.02 Å². The van der Waals surface area contributed by atoms with Crippen LogP contribution in [-0.4, -0.2) is 55.2 Å². The van der Waals surface area contributed by atoms with Crippen LogP contribution in [0.25, 0.3) is 0 Å². The zero-order chi connectivity index (χ0) is 24.2. The summed E-state index contributed by atoms with van der Waals surface area (Å²) < 4.78 is 5.63. The van der Waals surface area contributed by atoms with Crippen molar-refractivity contribution in [1.29, 1.82) is 0 Å². The van der Waals surface area contributed by atoms with Gasteiger partial charge in [0.15, 0.2) is 11.5 Å². The van der Waals surface area contributed by atoms with E-state index >= 15 is 0 Å². The Hall–Kier alpha value is -2.71. The third-order valence-corrected chi connectivity index (χ3v) is 7.04. The van der Waals surface area contributed by atoms with Crippen molar-refractivity contribution in [3.63, 3.8) is 0 Å². The second-order valence-corrected chi connectivity index (χ2v) is 9.38. The number of rotatable bonds is 6. The van der Waals surface area contributed by atoms with Gasteiger partial charge in [-0.25, -0.2) is 4.79 Å². The Morgan fingerprint density at radius 1 is 0.972 bits per heavy atom. The van der Waals surface area contributed by atoms with E-state index in [9.17, 15) is 14.4 Å². The zero-order valence-corrected chi connectivity index (χ0v) is 22.0. The average Bonchev–Trinajstić information content (AvgIpc) is 2.86. The molecule has 1 amide bonds. The van der Waals surface area contributed by atoms with Gasteiger partial charge < -0.3 is 20.4 Å². The molecule has 0 saturated heterocycles. The van der Waals surface area contributed by atoms with Crippen LogP contribution < -0.4 is 5.32 Å². The number of allylic oxidation sites excluding steroid dienone is 2. The second kappa shape index (κ2) is 13.0. The van der Waals surface area contributed by atoms with Crippen molar-refractivity contribution in [3.8, 4) is 0 Å². The molecule has 4 rings (SSSR count). The molecular formula is C27H32Cl2N2O5. The van der Waals surface area contributed by atoms with Gasteiger partial charge in [0, 0.05) is 36.3 Å². The highest BCUT2D eigenvalue weighted by atomic mass is 35.5. The van der Waals surface area contributed by atoms with E-state index in [1.165, 1.54) is 10.5 Å². The van der Waals surface area contributed by atoms with Crippen LogP contribution in [0.1, 0.15) is 57.9 Å². The average molecular weight is 535 g/mol. The quantitative estimate of drug-likeness (QED) is 0.570. The predicted octanol–water partition coefficient (Wildman–Crippen LogP) is 4.83. The second-order valence-electron chi connectivity index (χ2n) is 8.94. The maximum Gasteiger partial charge on any atom is 0.415 e. The largest absolute Gasteiger partial charge is 0.415 e. The topological polar surface area (TPSA) is 107 Å². The summed E-state index contributed by atoms with van der Waals surface area (Å²) in [6.07, 6.45) is 2.59. The molecule has 0 spiro atoms. The minimum Gasteiger partial charge on any atom is -0.412 e. The van der Waals surface area contributed by atoms with Gasteiger partial charge in [-0.05, 0) is 62.3 Å². The van der Waals surface area contributed by atoms with Gasteiger partial charge in [-0.2, -0.15) is 0 Å². The molecule has 0 aliphatic heterocycles. The van der Waals surface area contributed by atoms with Gasteiger partial charge in [-0.1, -0.05) is 48.0 Å². The number of hydrogen-bond donors (Lipinski definition) is 1. The van der Waals surface area contributed by atoms with Gasteiger partial charge in [0.1, 0.15) is 0 Å². The van der Waals surface area contributed by atoms with E-state index in [1.54, 1.807) is 38.4 Å². The fourth-order valence-electron chi connectivity index (χ4n) is 4.83. The number of hydrogen-bond acceptors (Lipinski definition) is 5. The molecule has 1 fully saturated rings. The van der Waals surface area contributed by atoms with Gasteiger partial charge in [-0.15, -0.1) is 12.4 Å². The molecule has 2 aliphatic carbocycles. The first-order valence-corrected chi connectivity index (χ1v) is 12.0. The first kappa shape index (κ1) is 29.5. The van der Waals surface area contributed by atoms with Gasteiger partial charge in [0.05, 0.1) is 5.57 Å². The van der Waals surface area contributed by atoms with Crippen LogP contribution in [0.15, 0.2) is 59.9 Å². The van der Waals surface area contributed by atoms with Crippen LogP contribution in [0, 0.1) is 5.92 Å². The molecule has 194 valence electrons.